The number of carboxylic acids is 9. The van der Waals surface area contributed by atoms with Crippen LogP contribution in [0.15, 0.2) is 67.1 Å². The van der Waals surface area contributed by atoms with Crippen LogP contribution in [-0.4, -0.2) is 220 Å². The number of phenols is 1. The van der Waals surface area contributed by atoms with Gasteiger partial charge in [0.2, 0.25) is 5.91 Å². The first-order valence-electron chi connectivity index (χ1n) is 28.4. The van der Waals surface area contributed by atoms with Crippen molar-refractivity contribution in [2.24, 2.45) is 80.3 Å². The number of unbranched alkanes of at least 4 members (excludes halogenated alkanes) is 1. The largest absolute Gasteiger partial charge is 0.508 e. The lowest BCUT2D eigenvalue weighted by Crippen LogP contribution is -2.34. The van der Waals surface area contributed by atoms with Crippen molar-refractivity contribution in [3.05, 3.63) is 83.9 Å². The number of nitrogens with one attached hydrogen (secondary N) is 7. The SMILES string of the molecule is N=C(N)NCCC[C@H](N)C(=O)O.N=C(N)NCCC[C@H](N)C(=O)O.N=C(N)NCCC[C@H](N)C(=O)O.NC(=O)C[C@H](N)C(=O)O.NCC(=O)O.NCCCC[C@H](N)C(=O)O.N[C@@H](Cc1c[nH]cn1)C(=O)O.N[C@@H](Cc1ccc(O)cc1)C(=O)O.N[C@@H](Cc1ccccc1)C(=O)O. The van der Waals surface area contributed by atoms with Crippen LogP contribution in [0.5, 0.6) is 5.75 Å². The lowest BCUT2D eigenvalue weighted by molar-refractivity contribution is -0.140. The van der Waals surface area contributed by atoms with E-state index in [0.29, 0.717) is 83.2 Å². The highest BCUT2D eigenvalue weighted by molar-refractivity contribution is 5.83. The number of amides is 1. The number of nitrogens with zero attached hydrogens (tertiary/aromatic N) is 1. The standard InChI is InChI=1S/C9H11NO3.C9H11NO2.3C6H14N4O2.C6H9N3O2.C6H14N2O2.C4H8N2O3.C2H5NO2/c10-8(9(12)13)5-6-1-3-7(11)4-2-6;10-8(9(11)12)6-7-4-2-1-3-5-7;3*7-4(5(11)12)2-1-3-10-6(8)9;7-5(6(10)11)1-4-2-8-3-9-4;7-4-2-1-3-5(8)6(9)10;5-2(4(8)9)1-3(6)7;3-1-2(4)5/h1-4,8,11H,5,10H2,(H,12,13);1-5,8H,6,10H2,(H,11,12);3*4H,1-3,7H2,(H,11,12)(H4,8,9,10);2-3,5H,1,7H2,(H,8,9)(H,10,11);5H,1-4,7-8H2,(H,9,10);2H,1,5H2,(H2,6,7)(H,8,9);1,3H2,(H,4,5)/t2*8-;3*4-;2*5-;2-;/m00000000./s1. The second-order valence-electron chi connectivity index (χ2n) is 19.4. The molecule has 42 nitrogen and oxygen atoms in total. The molecular weight excluding hydrogens is 1280 g/mol. The maximum atomic E-state index is 10.4. The highest BCUT2D eigenvalue weighted by atomic mass is 16.4. The second kappa shape index (κ2) is 60.8. The number of imidazole rings is 1. The van der Waals surface area contributed by atoms with Gasteiger partial charge in [-0.05, 0) is 94.0 Å². The van der Waals surface area contributed by atoms with E-state index in [1.807, 2.05) is 30.3 Å². The molecule has 1 heterocycles. The van der Waals surface area contributed by atoms with E-state index in [4.69, 9.17) is 136 Å². The summed E-state index contributed by atoms with van der Waals surface area (Å²) in [6.45, 7) is 1.77. The number of nitrogens with two attached hydrogens (primary N) is 14. The molecule has 0 spiro atoms. The van der Waals surface area contributed by atoms with Crippen molar-refractivity contribution in [2.75, 3.05) is 32.7 Å². The third kappa shape index (κ3) is 69.4. The molecule has 8 atom stereocenters. The first kappa shape index (κ1) is 96.7. The van der Waals surface area contributed by atoms with E-state index in [2.05, 4.69) is 37.4 Å². The smallest absolute Gasteiger partial charge is 0.321 e. The van der Waals surface area contributed by atoms with E-state index < -0.39 is 108 Å². The van der Waals surface area contributed by atoms with Crippen LogP contribution >= 0.6 is 0 Å². The fraction of sp³-hybridized carbons (Fsp3) is 0.481. The number of rotatable bonds is 33. The number of aromatic hydroxyl groups is 1. The summed E-state index contributed by atoms with van der Waals surface area (Å²) >= 11 is 0. The third-order valence-electron chi connectivity index (χ3n) is 10.8. The molecule has 96 heavy (non-hydrogen) atoms. The Morgan fingerprint density at radius 1 is 0.427 bits per heavy atom. The number of hydrogen-bond donors (Lipinski definition) is 31. The number of aromatic nitrogens is 2. The van der Waals surface area contributed by atoms with Crippen LogP contribution in [0.4, 0.5) is 0 Å². The number of primary amides is 1. The van der Waals surface area contributed by atoms with Gasteiger partial charge in [0.15, 0.2) is 17.9 Å². The Morgan fingerprint density at radius 3 is 0.979 bits per heavy atom. The molecule has 0 saturated carbocycles. The van der Waals surface area contributed by atoms with Gasteiger partial charge in [-0.15, -0.1) is 0 Å². The van der Waals surface area contributed by atoms with Crippen LogP contribution in [0.25, 0.3) is 0 Å². The second-order valence-corrected chi connectivity index (χ2v) is 19.4. The average molecular weight is 1380 g/mol. The van der Waals surface area contributed by atoms with E-state index in [9.17, 15) is 47.9 Å². The summed E-state index contributed by atoms with van der Waals surface area (Å²) in [7, 11) is 0. The van der Waals surface area contributed by atoms with E-state index in [1.54, 1.807) is 18.3 Å². The predicted octanol–water partition coefficient (Wildman–Crippen LogP) is -6.83. The van der Waals surface area contributed by atoms with Crippen LogP contribution in [0, 0.1) is 16.2 Å². The first-order valence-corrected chi connectivity index (χ1v) is 28.4. The Bertz CT molecular complexity index is 2600. The summed E-state index contributed by atoms with van der Waals surface area (Å²) < 4.78 is 0. The topological polar surface area (TPSA) is 874 Å². The number of H-pyrrole nitrogens is 1. The molecule has 546 valence electrons. The van der Waals surface area contributed by atoms with E-state index in [0.717, 1.165) is 24.0 Å². The van der Waals surface area contributed by atoms with Crippen LogP contribution < -0.4 is 96.2 Å². The number of aliphatic carboxylic acids is 9. The molecule has 42 heteroatoms. The van der Waals surface area contributed by atoms with Gasteiger partial charge in [-0.25, -0.2) is 4.98 Å². The summed E-state index contributed by atoms with van der Waals surface area (Å²) in [4.78, 5) is 108. The molecule has 1 aromatic heterocycles. The van der Waals surface area contributed by atoms with Gasteiger partial charge in [0.05, 0.1) is 25.0 Å². The monoisotopic (exact) mass is 1380 g/mol. The lowest BCUT2D eigenvalue weighted by Gasteiger charge is -2.06. The van der Waals surface area contributed by atoms with Crippen molar-refractivity contribution in [3.63, 3.8) is 0 Å². The van der Waals surface area contributed by atoms with Crippen molar-refractivity contribution in [1.82, 2.24) is 25.9 Å². The predicted molar refractivity (Wildman–Crippen MR) is 350 cm³/mol. The van der Waals surface area contributed by atoms with Gasteiger partial charge in [-0.2, -0.15) is 0 Å². The molecule has 0 saturated heterocycles. The van der Waals surface area contributed by atoms with Crippen molar-refractivity contribution in [3.8, 4) is 5.75 Å². The zero-order valence-electron chi connectivity index (χ0n) is 52.8. The maximum Gasteiger partial charge on any atom is 0.321 e. The van der Waals surface area contributed by atoms with Gasteiger partial charge in [-0.1, -0.05) is 48.9 Å². The van der Waals surface area contributed by atoms with E-state index >= 15 is 0 Å². The summed E-state index contributed by atoms with van der Waals surface area (Å²) in [6, 6.07) is 8.76. The van der Waals surface area contributed by atoms with Gasteiger partial charge in [0.1, 0.15) is 54.1 Å². The number of carbonyl (C=O) groups is 10. The fourth-order valence-corrected chi connectivity index (χ4v) is 5.59. The molecule has 0 unspecified atom stereocenters. The van der Waals surface area contributed by atoms with Gasteiger partial charge < -0.3 is 152 Å². The summed E-state index contributed by atoms with van der Waals surface area (Å²) in [5.41, 5.74) is 73.5. The van der Waals surface area contributed by atoms with Crippen LogP contribution in [0.2, 0.25) is 0 Å². The minimum atomic E-state index is -1.21. The van der Waals surface area contributed by atoms with Crippen molar-refractivity contribution in [2.45, 2.75) is 132 Å². The highest BCUT2D eigenvalue weighted by Crippen LogP contribution is 2.11. The highest BCUT2D eigenvalue weighted by Gasteiger charge is 2.16. The van der Waals surface area contributed by atoms with Crippen LogP contribution in [0.3, 0.4) is 0 Å². The number of hydrogen-bond acceptors (Lipinski definition) is 25. The maximum absolute atomic E-state index is 10.4. The minimum absolute atomic E-state index is 0.112. The molecule has 2 aromatic carbocycles. The van der Waals surface area contributed by atoms with Gasteiger partial charge in [0, 0.05) is 32.3 Å². The molecular formula is C54H100N22O20. The summed E-state index contributed by atoms with van der Waals surface area (Å²) in [5.74, 6) is -9.99. The average Bonchev–Trinajstić information content (AvgIpc) is 3.01. The zero-order valence-corrected chi connectivity index (χ0v) is 52.8. The van der Waals surface area contributed by atoms with Crippen molar-refractivity contribution >= 4 is 77.5 Å². The van der Waals surface area contributed by atoms with E-state index in [-0.39, 0.29) is 49.4 Å². The number of benzene rings is 2. The quantitative estimate of drug-likeness (QED) is 0.0153. The zero-order chi connectivity index (χ0) is 75.5. The van der Waals surface area contributed by atoms with E-state index in [1.165, 1.54) is 18.5 Å². The van der Waals surface area contributed by atoms with Gasteiger partial charge in [-0.3, -0.25) is 64.2 Å². The minimum Gasteiger partial charge on any atom is -0.508 e. The normalized spacial score (nSPS) is 12.1. The summed E-state index contributed by atoms with van der Waals surface area (Å²) in [6.07, 6.45) is 8.82. The Balaban J connectivity index is -0.000000239. The number of carboxylic acid groups (broad SMARTS) is 9. The summed E-state index contributed by atoms with van der Waals surface area (Å²) in [5, 5.41) is 112. The molecule has 3 rings (SSSR count). The van der Waals surface area contributed by atoms with Crippen LogP contribution in [-0.2, 0) is 67.2 Å². The van der Waals surface area contributed by atoms with Crippen molar-refractivity contribution < 1.29 is 99.0 Å². The number of carbonyl (C=O) groups excluding carboxylic acids is 1. The molecule has 0 radical (unpaired) electrons. The van der Waals surface area contributed by atoms with Crippen LogP contribution in [0.1, 0.15) is 81.0 Å². The first-order chi connectivity index (χ1) is 44.6. The number of phenolic OH excluding ortho intramolecular Hbond substituents is 1. The third-order valence-corrected chi connectivity index (χ3v) is 10.8. The lowest BCUT2D eigenvalue weighted by atomic mass is 10.1. The molecule has 1 amide bonds. The molecule has 0 bridgehead atoms. The van der Waals surface area contributed by atoms with Crippen molar-refractivity contribution in [1.29, 1.82) is 16.2 Å². The van der Waals surface area contributed by atoms with Gasteiger partial charge in [0.25, 0.3) is 0 Å². The molecule has 0 aliphatic rings. The number of guanidine groups is 3. The molecule has 0 aliphatic carbocycles. The Kier molecular flexibility index (Phi) is 61.2. The fourth-order valence-electron chi connectivity index (χ4n) is 5.59. The Hall–Kier alpha value is -10.4. The Labute approximate surface area is 551 Å². The molecule has 3 aromatic rings. The molecule has 0 fully saturated rings. The molecule has 0 aliphatic heterocycles. The molecule has 45 N–H and O–H groups in total. The Morgan fingerprint density at radius 2 is 0.729 bits per heavy atom. The number of aromatic amines is 1. The van der Waals surface area contributed by atoms with Gasteiger partial charge >= 0.3 is 53.7 Å².